The Hall–Kier alpha value is -1.30. The number of allylic oxidation sites excluding steroid dienone is 5. The van der Waals surface area contributed by atoms with Crippen molar-refractivity contribution in [2.75, 3.05) is 0 Å². The van der Waals surface area contributed by atoms with Crippen molar-refractivity contribution in [1.29, 1.82) is 0 Å². The number of rotatable bonds is 4. The zero-order valence-electron chi connectivity index (χ0n) is 20.7. The molecule has 2 N–H and O–H groups in total. The van der Waals surface area contributed by atoms with E-state index in [2.05, 4.69) is 38.7 Å². The predicted molar refractivity (Wildman–Crippen MR) is 134 cm³/mol. The molecule has 0 heterocycles. The van der Waals surface area contributed by atoms with E-state index in [1.165, 1.54) is 25.3 Å². The zero-order valence-corrected chi connectivity index (χ0v) is 21.5. The second-order valence-electron chi connectivity index (χ2n) is 11.0. The minimum atomic E-state index is -1.25. The van der Waals surface area contributed by atoms with Crippen LogP contribution in [0.1, 0.15) is 86.5 Å². The number of amides is 1. The van der Waals surface area contributed by atoms with Gasteiger partial charge in [0.1, 0.15) is 4.93 Å². The first-order valence-corrected chi connectivity index (χ1v) is 12.8. The molecule has 4 atom stereocenters. The van der Waals surface area contributed by atoms with Gasteiger partial charge in [-0.3, -0.25) is 9.10 Å². The molecule has 1 amide bonds. The molecule has 4 nitrogen and oxygen atoms in total. The van der Waals surface area contributed by atoms with Gasteiger partial charge in [-0.25, -0.2) is 0 Å². The third kappa shape index (κ3) is 4.95. The van der Waals surface area contributed by atoms with E-state index in [1.54, 1.807) is 9.88 Å². The van der Waals surface area contributed by atoms with Crippen molar-refractivity contribution >= 4 is 17.9 Å². The average Bonchev–Trinajstić information content (AvgIpc) is 3.03. The van der Waals surface area contributed by atoms with E-state index >= 15 is 0 Å². The summed E-state index contributed by atoms with van der Waals surface area (Å²) in [4.78, 5) is 11.0. The fraction of sp³-hybridized carbons (Fsp3) is 0.667. The highest BCUT2D eigenvalue weighted by atomic mass is 32.2. The Bertz CT molecular complexity index is 865. The summed E-state index contributed by atoms with van der Waals surface area (Å²) in [6.07, 6.45) is 12.2. The maximum absolute atomic E-state index is 12.2. The van der Waals surface area contributed by atoms with E-state index in [0.29, 0.717) is 17.9 Å². The van der Waals surface area contributed by atoms with Crippen molar-refractivity contribution < 1.29 is 15.0 Å². The first-order valence-electron chi connectivity index (χ1n) is 12.0. The minimum absolute atomic E-state index is 0.107. The van der Waals surface area contributed by atoms with Gasteiger partial charge in [0.2, 0.25) is 5.91 Å². The van der Waals surface area contributed by atoms with E-state index in [0.717, 1.165) is 36.8 Å². The molecule has 2 fully saturated rings. The Morgan fingerprint density at radius 2 is 2.06 bits per heavy atom. The topological polar surface area (TPSA) is 60.8 Å². The standard InChI is InChI=1S/C27H41NO3S/c1-8-22-13-14-23-20(10-9-15-26(22,23)7)11-12-21-16-27(31,17-24(30)18(21)2)32-28(19(3)29)25(4,5)6/h11-13,23-24,30-31H,2,8-10,14-17H2,1,3-7H3/t23?,24-,26+,27?/m0/s1. The van der Waals surface area contributed by atoms with Gasteiger partial charge in [-0.1, -0.05) is 49.8 Å². The third-order valence-corrected chi connectivity index (χ3v) is 9.18. The maximum atomic E-state index is 12.2. The van der Waals surface area contributed by atoms with Crippen LogP contribution in [0.25, 0.3) is 0 Å². The lowest BCUT2D eigenvalue weighted by atomic mass is 9.64. The van der Waals surface area contributed by atoms with Crippen molar-refractivity contribution in [3.8, 4) is 0 Å². The van der Waals surface area contributed by atoms with E-state index in [-0.39, 0.29) is 17.7 Å². The normalized spacial score (nSPS) is 35.8. The molecule has 2 unspecified atom stereocenters. The van der Waals surface area contributed by atoms with E-state index in [9.17, 15) is 15.0 Å². The lowest BCUT2D eigenvalue weighted by Crippen LogP contribution is -2.46. The SMILES string of the molecule is C=C1C(=CC=C2CCC[C@]3(C)C(CC)=CCC23)CC(O)(SN(C(C)=O)C(C)(C)C)C[C@@H]1O. The van der Waals surface area contributed by atoms with Crippen molar-refractivity contribution in [2.24, 2.45) is 11.3 Å². The van der Waals surface area contributed by atoms with Crippen LogP contribution in [0.5, 0.6) is 0 Å². The largest absolute Gasteiger partial charge is 0.388 e. The van der Waals surface area contributed by atoms with Gasteiger partial charge in [-0.15, -0.1) is 0 Å². The Kier molecular flexibility index (Phi) is 7.24. The highest BCUT2D eigenvalue weighted by Gasteiger charge is 2.45. The molecule has 0 bridgehead atoms. The van der Waals surface area contributed by atoms with Gasteiger partial charge < -0.3 is 10.2 Å². The molecule has 3 aliphatic rings. The van der Waals surface area contributed by atoms with Crippen LogP contribution in [0.2, 0.25) is 0 Å². The number of hydrogen-bond donors (Lipinski definition) is 2. The first-order chi connectivity index (χ1) is 14.8. The summed E-state index contributed by atoms with van der Waals surface area (Å²) < 4.78 is 1.62. The van der Waals surface area contributed by atoms with Gasteiger partial charge in [-0.2, -0.15) is 0 Å². The van der Waals surface area contributed by atoms with Crippen molar-refractivity contribution in [3.63, 3.8) is 0 Å². The highest BCUT2D eigenvalue weighted by Crippen LogP contribution is 2.55. The van der Waals surface area contributed by atoms with E-state index < -0.39 is 16.6 Å². The quantitative estimate of drug-likeness (QED) is 0.304. The Morgan fingerprint density at radius 3 is 2.66 bits per heavy atom. The van der Waals surface area contributed by atoms with Gasteiger partial charge in [-0.05, 0) is 87.3 Å². The van der Waals surface area contributed by atoms with Crippen LogP contribution < -0.4 is 0 Å². The summed E-state index contributed by atoms with van der Waals surface area (Å²) in [6.45, 7) is 16.2. The van der Waals surface area contributed by atoms with Crippen LogP contribution in [-0.2, 0) is 4.79 Å². The number of carbonyl (C=O) groups excluding carboxylic acids is 1. The molecule has 3 aliphatic carbocycles. The van der Waals surface area contributed by atoms with Crippen LogP contribution in [-0.4, -0.2) is 37.0 Å². The lowest BCUT2D eigenvalue weighted by Gasteiger charge is -2.43. The fourth-order valence-corrected chi connectivity index (χ4v) is 7.06. The molecule has 0 spiro atoms. The van der Waals surface area contributed by atoms with Crippen molar-refractivity contribution in [1.82, 2.24) is 4.31 Å². The summed E-state index contributed by atoms with van der Waals surface area (Å²) in [7, 11) is 0. The van der Waals surface area contributed by atoms with Crippen molar-refractivity contribution in [2.45, 2.75) is 103 Å². The highest BCUT2D eigenvalue weighted by molar-refractivity contribution is 7.98. The van der Waals surface area contributed by atoms with Crippen LogP contribution in [0.4, 0.5) is 0 Å². The summed E-state index contributed by atoms with van der Waals surface area (Å²) in [5, 5.41) is 22.1. The molecule has 5 heteroatoms. The zero-order chi connectivity index (χ0) is 23.9. The Balaban J connectivity index is 1.85. The number of hydrogen-bond acceptors (Lipinski definition) is 4. The molecular weight excluding hydrogens is 418 g/mol. The van der Waals surface area contributed by atoms with Gasteiger partial charge in [0.25, 0.3) is 0 Å². The average molecular weight is 460 g/mol. The predicted octanol–water partition coefficient (Wildman–Crippen LogP) is 6.08. The van der Waals surface area contributed by atoms with Crippen LogP contribution in [0.15, 0.2) is 47.1 Å². The Morgan fingerprint density at radius 1 is 1.38 bits per heavy atom. The monoisotopic (exact) mass is 459 g/mol. The van der Waals surface area contributed by atoms with Gasteiger partial charge in [0.15, 0.2) is 0 Å². The van der Waals surface area contributed by atoms with Gasteiger partial charge >= 0.3 is 0 Å². The molecule has 2 saturated carbocycles. The Labute approximate surface area is 198 Å². The molecule has 178 valence electrons. The summed E-state index contributed by atoms with van der Waals surface area (Å²) in [5.41, 5.74) is 4.44. The molecule has 0 aromatic heterocycles. The van der Waals surface area contributed by atoms with E-state index in [4.69, 9.17) is 0 Å². The van der Waals surface area contributed by atoms with Gasteiger partial charge in [0.05, 0.1) is 6.10 Å². The van der Waals surface area contributed by atoms with Crippen LogP contribution in [0.3, 0.4) is 0 Å². The minimum Gasteiger partial charge on any atom is -0.388 e. The molecule has 3 rings (SSSR count). The second kappa shape index (κ2) is 9.15. The van der Waals surface area contributed by atoms with Gasteiger partial charge in [0, 0.05) is 25.3 Å². The molecule has 0 aromatic rings. The fourth-order valence-electron chi connectivity index (χ4n) is 5.86. The first kappa shape index (κ1) is 25.3. The summed E-state index contributed by atoms with van der Waals surface area (Å²) in [5.74, 6) is 0.441. The molecule has 0 aromatic carbocycles. The number of fused-ring (bicyclic) bond motifs is 1. The maximum Gasteiger partial charge on any atom is 0.229 e. The third-order valence-electron chi connectivity index (χ3n) is 7.54. The van der Waals surface area contributed by atoms with E-state index in [1.807, 2.05) is 20.8 Å². The smallest absolute Gasteiger partial charge is 0.229 e. The molecule has 0 saturated heterocycles. The number of aliphatic hydroxyl groups is 2. The molecule has 0 radical (unpaired) electrons. The number of aliphatic hydroxyl groups excluding tert-OH is 1. The molecule has 32 heavy (non-hydrogen) atoms. The molecule has 0 aliphatic heterocycles. The lowest BCUT2D eigenvalue weighted by molar-refractivity contribution is -0.127. The van der Waals surface area contributed by atoms with Crippen LogP contribution in [0, 0.1) is 11.3 Å². The summed E-state index contributed by atoms with van der Waals surface area (Å²) in [6, 6.07) is 0. The van der Waals surface area contributed by atoms with Crippen molar-refractivity contribution in [3.05, 3.63) is 47.1 Å². The second-order valence-corrected chi connectivity index (χ2v) is 12.3. The number of carbonyl (C=O) groups is 1. The molecular formula is C27H41NO3S. The number of nitrogens with zero attached hydrogens (tertiary/aromatic N) is 1. The van der Waals surface area contributed by atoms with Crippen LogP contribution >= 0.6 is 11.9 Å². The summed E-state index contributed by atoms with van der Waals surface area (Å²) >= 11 is 1.14.